The first kappa shape index (κ1) is 23.4. The van der Waals surface area contributed by atoms with E-state index in [1.54, 1.807) is 12.1 Å². The third kappa shape index (κ3) is 5.20. The van der Waals surface area contributed by atoms with Gasteiger partial charge in [0.1, 0.15) is 17.5 Å². The fraction of sp³-hybridized carbons (Fsp3) is 0.393. The molecule has 0 aliphatic carbocycles. The SMILES string of the molecule is CCC(C(=O)N1CCc2nc(Cc3ccc(F)cc3)nc(N3CCOCC3)c2C1)c1ccccc1. The van der Waals surface area contributed by atoms with Crippen LogP contribution in [0.1, 0.15) is 47.5 Å². The number of fused-ring (bicyclic) bond motifs is 1. The molecule has 5 rings (SSSR count). The van der Waals surface area contributed by atoms with E-state index < -0.39 is 0 Å². The number of halogens is 1. The van der Waals surface area contributed by atoms with E-state index >= 15 is 0 Å². The number of ether oxygens (including phenoxy) is 1. The topological polar surface area (TPSA) is 58.6 Å². The highest BCUT2D eigenvalue weighted by atomic mass is 19.1. The van der Waals surface area contributed by atoms with Gasteiger partial charge < -0.3 is 14.5 Å². The van der Waals surface area contributed by atoms with Crippen molar-refractivity contribution in [2.75, 3.05) is 37.7 Å². The zero-order valence-electron chi connectivity index (χ0n) is 20.1. The lowest BCUT2D eigenvalue weighted by atomic mass is 9.93. The van der Waals surface area contributed by atoms with Gasteiger partial charge in [-0.25, -0.2) is 14.4 Å². The van der Waals surface area contributed by atoms with Crippen LogP contribution >= 0.6 is 0 Å². The van der Waals surface area contributed by atoms with Crippen LogP contribution < -0.4 is 4.90 Å². The highest BCUT2D eigenvalue weighted by molar-refractivity contribution is 5.84. The van der Waals surface area contributed by atoms with Gasteiger partial charge in [0.2, 0.25) is 5.91 Å². The molecule has 2 aliphatic heterocycles. The van der Waals surface area contributed by atoms with E-state index in [-0.39, 0.29) is 17.6 Å². The fourth-order valence-electron chi connectivity index (χ4n) is 4.99. The largest absolute Gasteiger partial charge is 0.378 e. The predicted molar refractivity (Wildman–Crippen MR) is 133 cm³/mol. The molecule has 0 saturated carbocycles. The van der Waals surface area contributed by atoms with E-state index in [0.717, 1.165) is 53.5 Å². The molecule has 0 radical (unpaired) electrons. The minimum atomic E-state index is -0.250. The number of hydrogen-bond acceptors (Lipinski definition) is 5. The van der Waals surface area contributed by atoms with Gasteiger partial charge >= 0.3 is 0 Å². The Balaban J connectivity index is 1.44. The molecule has 1 unspecified atom stereocenters. The van der Waals surface area contributed by atoms with E-state index in [4.69, 9.17) is 14.7 Å². The van der Waals surface area contributed by atoms with E-state index in [2.05, 4.69) is 11.8 Å². The molecule has 6 nitrogen and oxygen atoms in total. The Labute approximate surface area is 205 Å². The molecule has 1 fully saturated rings. The molecular formula is C28H31FN4O2. The lowest BCUT2D eigenvalue weighted by Gasteiger charge is -2.35. The van der Waals surface area contributed by atoms with Crippen molar-refractivity contribution in [2.24, 2.45) is 0 Å². The van der Waals surface area contributed by atoms with Gasteiger partial charge in [0, 0.05) is 38.0 Å². The van der Waals surface area contributed by atoms with Gasteiger partial charge in [0.15, 0.2) is 0 Å². The van der Waals surface area contributed by atoms with Crippen LogP contribution in [0.5, 0.6) is 0 Å². The monoisotopic (exact) mass is 474 g/mol. The summed E-state index contributed by atoms with van der Waals surface area (Å²) in [6, 6.07) is 16.5. The fourth-order valence-corrected chi connectivity index (χ4v) is 4.99. The van der Waals surface area contributed by atoms with Crippen LogP contribution in [0.3, 0.4) is 0 Å². The second kappa shape index (κ2) is 10.5. The van der Waals surface area contributed by atoms with E-state index in [9.17, 15) is 9.18 Å². The van der Waals surface area contributed by atoms with E-state index in [1.807, 2.05) is 35.2 Å². The molecule has 1 aromatic heterocycles. The number of amides is 1. The second-order valence-corrected chi connectivity index (χ2v) is 9.17. The van der Waals surface area contributed by atoms with Crippen LogP contribution in [-0.4, -0.2) is 53.6 Å². The summed E-state index contributed by atoms with van der Waals surface area (Å²) in [6.07, 6.45) is 2.00. The maximum atomic E-state index is 13.6. The highest BCUT2D eigenvalue weighted by Gasteiger charge is 2.31. The Bertz CT molecular complexity index is 1160. The van der Waals surface area contributed by atoms with Crippen molar-refractivity contribution in [3.63, 3.8) is 0 Å². The van der Waals surface area contributed by atoms with Crippen LogP contribution in [-0.2, 0) is 28.9 Å². The van der Waals surface area contributed by atoms with Crippen molar-refractivity contribution in [2.45, 2.75) is 38.6 Å². The summed E-state index contributed by atoms with van der Waals surface area (Å²) in [5, 5.41) is 0. The summed E-state index contributed by atoms with van der Waals surface area (Å²) in [7, 11) is 0. The number of benzene rings is 2. The van der Waals surface area contributed by atoms with Crippen molar-refractivity contribution >= 4 is 11.7 Å². The molecule has 3 heterocycles. The Morgan fingerprint density at radius 2 is 1.77 bits per heavy atom. The lowest BCUT2D eigenvalue weighted by Crippen LogP contribution is -2.42. The molecule has 2 aliphatic rings. The van der Waals surface area contributed by atoms with Gasteiger partial charge in [-0.2, -0.15) is 0 Å². The molecule has 1 saturated heterocycles. The second-order valence-electron chi connectivity index (χ2n) is 9.17. The molecule has 1 atom stereocenters. The summed E-state index contributed by atoms with van der Waals surface area (Å²) >= 11 is 0. The van der Waals surface area contributed by atoms with Crippen LogP contribution in [0.2, 0.25) is 0 Å². The van der Waals surface area contributed by atoms with Gasteiger partial charge in [-0.1, -0.05) is 49.4 Å². The maximum absolute atomic E-state index is 13.6. The van der Waals surface area contributed by atoms with Gasteiger partial charge in [0.25, 0.3) is 0 Å². The van der Waals surface area contributed by atoms with Gasteiger partial charge in [-0.05, 0) is 29.7 Å². The molecular weight excluding hydrogens is 443 g/mol. The molecule has 35 heavy (non-hydrogen) atoms. The molecule has 0 N–H and O–H groups in total. The highest BCUT2D eigenvalue weighted by Crippen LogP contribution is 2.31. The minimum Gasteiger partial charge on any atom is -0.378 e. The van der Waals surface area contributed by atoms with Gasteiger partial charge in [0.05, 0.1) is 31.4 Å². The first-order valence-corrected chi connectivity index (χ1v) is 12.4. The number of hydrogen-bond donors (Lipinski definition) is 0. The molecule has 7 heteroatoms. The van der Waals surface area contributed by atoms with Crippen LogP contribution in [0, 0.1) is 5.82 Å². The maximum Gasteiger partial charge on any atom is 0.230 e. The standard InChI is InChI=1S/C28H31FN4O2/c1-2-23(21-6-4-3-5-7-21)28(34)33-13-12-25-24(19-33)27(32-14-16-35-17-15-32)31-26(30-25)18-20-8-10-22(29)11-9-20/h3-11,23H,2,12-19H2,1H3. The smallest absolute Gasteiger partial charge is 0.230 e. The molecule has 0 spiro atoms. The first-order chi connectivity index (χ1) is 17.1. The number of morpholine rings is 1. The summed E-state index contributed by atoms with van der Waals surface area (Å²) in [4.78, 5) is 27.7. The average Bonchev–Trinajstić information content (AvgIpc) is 2.91. The van der Waals surface area contributed by atoms with Crippen LogP contribution in [0.25, 0.3) is 0 Å². The molecule has 2 aromatic carbocycles. The van der Waals surface area contributed by atoms with Gasteiger partial charge in [-0.3, -0.25) is 4.79 Å². The molecule has 0 bridgehead atoms. The Kier molecular flexibility index (Phi) is 7.04. The Morgan fingerprint density at radius 1 is 1.03 bits per heavy atom. The third-order valence-electron chi connectivity index (χ3n) is 6.89. The van der Waals surface area contributed by atoms with Crippen LogP contribution in [0.4, 0.5) is 10.2 Å². The third-order valence-corrected chi connectivity index (χ3v) is 6.89. The zero-order chi connectivity index (χ0) is 24.2. The predicted octanol–water partition coefficient (Wildman–Crippen LogP) is 4.12. The quantitative estimate of drug-likeness (QED) is 0.538. The molecule has 3 aromatic rings. The minimum absolute atomic E-state index is 0.150. The number of aromatic nitrogens is 2. The summed E-state index contributed by atoms with van der Waals surface area (Å²) < 4.78 is 18.9. The molecule has 1 amide bonds. The summed E-state index contributed by atoms with van der Waals surface area (Å²) in [6.45, 7) is 6.05. The normalized spacial score (nSPS) is 16.6. The number of nitrogens with zero attached hydrogens (tertiary/aromatic N) is 4. The Hall–Kier alpha value is -3.32. The summed E-state index contributed by atoms with van der Waals surface area (Å²) in [5.41, 5.74) is 4.08. The number of carbonyl (C=O) groups excluding carboxylic acids is 1. The van der Waals surface area contributed by atoms with Crippen LogP contribution in [0.15, 0.2) is 54.6 Å². The lowest BCUT2D eigenvalue weighted by molar-refractivity contribution is -0.133. The first-order valence-electron chi connectivity index (χ1n) is 12.4. The van der Waals surface area contributed by atoms with Crippen molar-refractivity contribution < 1.29 is 13.9 Å². The number of carbonyl (C=O) groups is 1. The van der Waals surface area contributed by atoms with Crippen molar-refractivity contribution in [3.05, 3.63) is 88.6 Å². The van der Waals surface area contributed by atoms with Crippen molar-refractivity contribution in [1.29, 1.82) is 0 Å². The van der Waals surface area contributed by atoms with Crippen molar-refractivity contribution in [3.8, 4) is 0 Å². The molecule has 182 valence electrons. The van der Waals surface area contributed by atoms with E-state index in [1.165, 1.54) is 12.1 Å². The number of anilines is 1. The number of rotatable bonds is 6. The summed E-state index contributed by atoms with van der Waals surface area (Å²) in [5.74, 6) is 1.39. The zero-order valence-corrected chi connectivity index (χ0v) is 20.1. The van der Waals surface area contributed by atoms with Crippen molar-refractivity contribution in [1.82, 2.24) is 14.9 Å². The van der Waals surface area contributed by atoms with E-state index in [0.29, 0.717) is 39.1 Å². The average molecular weight is 475 g/mol. The Morgan fingerprint density at radius 3 is 2.49 bits per heavy atom. The van der Waals surface area contributed by atoms with Gasteiger partial charge in [-0.15, -0.1) is 0 Å².